The zero-order valence-corrected chi connectivity index (χ0v) is 8.80. The second kappa shape index (κ2) is 4.13. The Bertz CT molecular complexity index is 475. The van der Waals surface area contributed by atoms with Crippen molar-refractivity contribution in [1.82, 2.24) is 15.4 Å². The summed E-state index contributed by atoms with van der Waals surface area (Å²) >= 11 is 0. The van der Waals surface area contributed by atoms with Crippen LogP contribution in [0.4, 0.5) is 6.01 Å². The summed E-state index contributed by atoms with van der Waals surface area (Å²) in [6, 6.07) is 1.63. The Hall–Kier alpha value is -2.18. The van der Waals surface area contributed by atoms with E-state index in [1.165, 1.54) is 6.20 Å². The van der Waals surface area contributed by atoms with E-state index in [4.69, 9.17) is 8.94 Å². The zero-order chi connectivity index (χ0) is 11.5. The summed E-state index contributed by atoms with van der Waals surface area (Å²) in [6.45, 7) is 3.53. The monoisotopic (exact) mass is 222 g/mol. The molecule has 0 saturated heterocycles. The van der Waals surface area contributed by atoms with Crippen molar-refractivity contribution in [2.24, 2.45) is 5.92 Å². The number of carbonyl (C=O) groups excluding carboxylic acids is 1. The molecule has 0 bridgehead atoms. The molecule has 0 aliphatic carbocycles. The number of nitrogens with one attached hydrogen (secondary N) is 1. The first-order chi connectivity index (χ1) is 7.66. The summed E-state index contributed by atoms with van der Waals surface area (Å²) in [5.41, 5.74) is 0. The minimum absolute atomic E-state index is 0.0464. The topological polar surface area (TPSA) is 94.1 Å². The van der Waals surface area contributed by atoms with Crippen molar-refractivity contribution in [1.29, 1.82) is 0 Å². The molecule has 2 aromatic heterocycles. The van der Waals surface area contributed by atoms with Crippen molar-refractivity contribution in [3.8, 4) is 11.7 Å². The van der Waals surface area contributed by atoms with Gasteiger partial charge in [0.1, 0.15) is 0 Å². The van der Waals surface area contributed by atoms with Gasteiger partial charge in [0.15, 0.2) is 0 Å². The average Bonchev–Trinajstić information content (AvgIpc) is 2.85. The fourth-order valence-electron chi connectivity index (χ4n) is 0.949. The Kier molecular flexibility index (Phi) is 2.67. The minimum atomic E-state index is -0.187. The van der Waals surface area contributed by atoms with Crippen LogP contribution < -0.4 is 5.32 Å². The number of hydrogen-bond acceptors (Lipinski definition) is 6. The van der Waals surface area contributed by atoms with Gasteiger partial charge in [-0.3, -0.25) is 10.1 Å². The van der Waals surface area contributed by atoms with Crippen LogP contribution in [0.1, 0.15) is 13.8 Å². The third-order valence-electron chi connectivity index (χ3n) is 1.83. The van der Waals surface area contributed by atoms with Gasteiger partial charge in [-0.05, 0) is 0 Å². The third kappa shape index (κ3) is 2.08. The van der Waals surface area contributed by atoms with E-state index in [0.717, 1.165) is 0 Å². The number of anilines is 1. The molecule has 16 heavy (non-hydrogen) atoms. The molecule has 2 heterocycles. The smallest absolute Gasteiger partial charge is 0.322 e. The van der Waals surface area contributed by atoms with Gasteiger partial charge in [-0.25, -0.2) is 0 Å². The molecule has 1 amide bonds. The highest BCUT2D eigenvalue weighted by atomic mass is 16.5. The molecule has 0 aliphatic rings. The number of carbonyl (C=O) groups is 1. The van der Waals surface area contributed by atoms with E-state index in [-0.39, 0.29) is 23.7 Å². The predicted molar refractivity (Wildman–Crippen MR) is 53.3 cm³/mol. The quantitative estimate of drug-likeness (QED) is 0.841. The maximum absolute atomic E-state index is 11.3. The summed E-state index contributed by atoms with van der Waals surface area (Å²) in [4.78, 5) is 11.3. The summed E-state index contributed by atoms with van der Waals surface area (Å²) in [6.07, 6.45) is 1.46. The first-order valence-corrected chi connectivity index (χ1v) is 4.72. The Labute approximate surface area is 90.8 Å². The van der Waals surface area contributed by atoms with Gasteiger partial charge in [-0.1, -0.05) is 24.1 Å². The van der Waals surface area contributed by atoms with Crippen molar-refractivity contribution in [2.75, 3.05) is 5.32 Å². The first kappa shape index (κ1) is 10.3. The first-order valence-electron chi connectivity index (χ1n) is 4.72. The Balaban J connectivity index is 2.11. The number of rotatable bonds is 3. The zero-order valence-electron chi connectivity index (χ0n) is 8.80. The molecule has 0 fully saturated rings. The molecule has 7 nitrogen and oxygen atoms in total. The van der Waals surface area contributed by atoms with Crippen molar-refractivity contribution in [2.45, 2.75) is 13.8 Å². The summed E-state index contributed by atoms with van der Waals surface area (Å²) in [5, 5.41) is 13.4. The molecular formula is C9H10N4O3. The highest BCUT2D eigenvalue weighted by Crippen LogP contribution is 2.18. The second-order valence-corrected chi connectivity index (χ2v) is 3.43. The van der Waals surface area contributed by atoms with E-state index >= 15 is 0 Å². The molecule has 0 radical (unpaired) electrons. The van der Waals surface area contributed by atoms with Gasteiger partial charge in [0, 0.05) is 12.0 Å². The Morgan fingerprint density at radius 1 is 1.44 bits per heavy atom. The molecule has 7 heteroatoms. The Morgan fingerprint density at radius 2 is 2.25 bits per heavy atom. The van der Waals surface area contributed by atoms with Gasteiger partial charge < -0.3 is 8.94 Å². The van der Waals surface area contributed by atoms with Crippen LogP contribution >= 0.6 is 0 Å². The van der Waals surface area contributed by atoms with Gasteiger partial charge >= 0.3 is 6.01 Å². The maximum atomic E-state index is 11.3. The molecule has 2 rings (SSSR count). The minimum Gasteiger partial charge on any atom is -0.400 e. The molecule has 84 valence electrons. The molecule has 1 N–H and O–H groups in total. The molecule has 0 aromatic carbocycles. The molecule has 2 aromatic rings. The van der Waals surface area contributed by atoms with Crippen molar-refractivity contribution < 1.29 is 13.7 Å². The predicted octanol–water partition coefficient (Wildman–Crippen LogP) is 1.32. The van der Waals surface area contributed by atoms with E-state index in [9.17, 15) is 4.79 Å². The number of hydrogen-bond donors (Lipinski definition) is 1. The van der Waals surface area contributed by atoms with E-state index in [1.54, 1.807) is 19.9 Å². The molecule has 0 saturated carbocycles. The molecule has 0 unspecified atom stereocenters. The fourth-order valence-corrected chi connectivity index (χ4v) is 0.949. The van der Waals surface area contributed by atoms with Crippen LogP contribution in [0.3, 0.4) is 0 Å². The SMILES string of the molecule is CC(C)C(=O)Nc1nnc(-c2ccno2)o1. The molecule has 0 aliphatic heterocycles. The number of nitrogens with zero attached hydrogens (tertiary/aromatic N) is 3. The van der Waals surface area contributed by atoms with Crippen LogP contribution in [0.2, 0.25) is 0 Å². The van der Waals surface area contributed by atoms with E-state index in [2.05, 4.69) is 20.7 Å². The largest absolute Gasteiger partial charge is 0.400 e. The van der Waals surface area contributed by atoms with Crippen molar-refractivity contribution in [3.05, 3.63) is 12.3 Å². The lowest BCUT2D eigenvalue weighted by Crippen LogP contribution is -2.17. The number of amides is 1. The summed E-state index contributed by atoms with van der Waals surface area (Å²) in [7, 11) is 0. The highest BCUT2D eigenvalue weighted by Gasteiger charge is 2.14. The van der Waals surface area contributed by atoms with Gasteiger partial charge in [-0.2, -0.15) is 0 Å². The average molecular weight is 222 g/mol. The third-order valence-corrected chi connectivity index (χ3v) is 1.83. The summed E-state index contributed by atoms with van der Waals surface area (Å²) in [5.74, 6) is 0.197. The van der Waals surface area contributed by atoms with Crippen molar-refractivity contribution >= 4 is 11.9 Å². The van der Waals surface area contributed by atoms with Gasteiger partial charge in [-0.15, -0.1) is 5.10 Å². The van der Waals surface area contributed by atoms with Crippen LogP contribution in [0.5, 0.6) is 0 Å². The Morgan fingerprint density at radius 3 is 2.88 bits per heavy atom. The van der Waals surface area contributed by atoms with Crippen LogP contribution in [0.15, 0.2) is 21.2 Å². The molecule has 0 atom stereocenters. The van der Waals surface area contributed by atoms with E-state index in [0.29, 0.717) is 5.76 Å². The lowest BCUT2D eigenvalue weighted by molar-refractivity contribution is -0.119. The van der Waals surface area contributed by atoms with Crippen LogP contribution in [-0.4, -0.2) is 21.3 Å². The second-order valence-electron chi connectivity index (χ2n) is 3.43. The lowest BCUT2D eigenvalue weighted by atomic mass is 10.2. The standard InChI is InChI=1S/C9H10N4O3/c1-5(2)7(14)11-9-13-12-8(15-9)6-3-4-10-16-6/h3-5H,1-2H3,(H,11,13,14). The van der Waals surface area contributed by atoms with Gasteiger partial charge in [0.05, 0.1) is 6.20 Å². The van der Waals surface area contributed by atoms with Crippen LogP contribution in [-0.2, 0) is 4.79 Å². The van der Waals surface area contributed by atoms with Crippen LogP contribution in [0.25, 0.3) is 11.7 Å². The van der Waals surface area contributed by atoms with Crippen molar-refractivity contribution in [3.63, 3.8) is 0 Å². The molecular weight excluding hydrogens is 212 g/mol. The van der Waals surface area contributed by atoms with E-state index in [1.807, 2.05) is 0 Å². The van der Waals surface area contributed by atoms with Gasteiger partial charge in [0.25, 0.3) is 5.89 Å². The highest BCUT2D eigenvalue weighted by molar-refractivity contribution is 5.90. The van der Waals surface area contributed by atoms with E-state index < -0.39 is 0 Å². The normalized spacial score (nSPS) is 10.7. The van der Waals surface area contributed by atoms with Gasteiger partial charge in [0.2, 0.25) is 11.7 Å². The lowest BCUT2D eigenvalue weighted by Gasteiger charge is -2.01. The number of aromatic nitrogens is 3. The summed E-state index contributed by atoms with van der Waals surface area (Å²) < 4.78 is 9.99. The molecule has 0 spiro atoms. The fraction of sp³-hybridized carbons (Fsp3) is 0.333. The van der Waals surface area contributed by atoms with Crippen LogP contribution in [0, 0.1) is 5.92 Å². The maximum Gasteiger partial charge on any atom is 0.322 e.